The molecule has 2 aromatic carbocycles. The van der Waals surface area contributed by atoms with E-state index in [1.54, 1.807) is 24.3 Å². The van der Waals surface area contributed by atoms with Crippen molar-refractivity contribution in [3.05, 3.63) is 82.3 Å². The molecule has 4 rings (SSSR count). The van der Waals surface area contributed by atoms with E-state index in [1.165, 1.54) is 35.6 Å². The molecular formula is C23H22FN5O2S. The van der Waals surface area contributed by atoms with E-state index in [9.17, 15) is 14.0 Å². The van der Waals surface area contributed by atoms with E-state index in [1.807, 2.05) is 24.6 Å². The van der Waals surface area contributed by atoms with E-state index in [0.29, 0.717) is 16.3 Å². The van der Waals surface area contributed by atoms with Gasteiger partial charge in [0.2, 0.25) is 0 Å². The van der Waals surface area contributed by atoms with Crippen LogP contribution in [0.5, 0.6) is 0 Å². The minimum absolute atomic E-state index is 0.324. The van der Waals surface area contributed by atoms with Crippen LogP contribution in [-0.2, 0) is 4.79 Å². The van der Waals surface area contributed by atoms with Crippen molar-refractivity contribution < 1.29 is 14.0 Å². The number of urea groups is 1. The van der Waals surface area contributed by atoms with Gasteiger partial charge in [-0.15, -0.1) is 11.3 Å². The van der Waals surface area contributed by atoms with Crippen LogP contribution in [0.2, 0.25) is 0 Å². The van der Waals surface area contributed by atoms with Crippen LogP contribution in [0.4, 0.5) is 20.6 Å². The van der Waals surface area contributed by atoms with Gasteiger partial charge >= 0.3 is 6.03 Å². The Bertz CT molecular complexity index is 1130. The molecule has 1 unspecified atom stereocenters. The van der Waals surface area contributed by atoms with Gasteiger partial charge in [0.15, 0.2) is 6.04 Å². The minimum Gasteiger partial charge on any atom is -0.358 e. The number of likely N-dealkylation sites (N-methyl/N-ethyl adjacent to an activating group) is 1. The fraction of sp³-hybridized carbons (Fsp3) is 0.174. The zero-order valence-corrected chi connectivity index (χ0v) is 18.2. The van der Waals surface area contributed by atoms with Crippen LogP contribution < -0.4 is 16.0 Å². The third kappa shape index (κ3) is 4.47. The second-order valence-electron chi connectivity index (χ2n) is 7.30. The smallest absolute Gasteiger partial charge is 0.320 e. The number of hydrogen-bond donors (Lipinski definition) is 2. The number of nitrogens with two attached hydrogens (primary N) is 1. The van der Waals surface area contributed by atoms with Crippen LogP contribution in [-0.4, -0.2) is 42.8 Å². The molecule has 7 nitrogen and oxygen atoms in total. The molecule has 3 aromatic rings. The lowest BCUT2D eigenvalue weighted by molar-refractivity contribution is -0.117. The molecule has 0 saturated heterocycles. The number of primary amides is 1. The maximum Gasteiger partial charge on any atom is 0.320 e. The molecule has 0 fully saturated rings. The predicted octanol–water partition coefficient (Wildman–Crippen LogP) is 3.84. The Morgan fingerprint density at radius 1 is 1.16 bits per heavy atom. The van der Waals surface area contributed by atoms with Gasteiger partial charge in [-0.2, -0.15) is 0 Å². The molecule has 2 heterocycles. The third-order valence-electron chi connectivity index (χ3n) is 5.13. The number of carbonyl (C=O) groups excluding carboxylic acids is 2. The van der Waals surface area contributed by atoms with Gasteiger partial charge in [-0.25, -0.2) is 9.18 Å². The second-order valence-corrected chi connectivity index (χ2v) is 8.28. The van der Waals surface area contributed by atoms with Crippen molar-refractivity contribution in [1.29, 1.82) is 0 Å². The van der Waals surface area contributed by atoms with Gasteiger partial charge in [0, 0.05) is 35.4 Å². The van der Waals surface area contributed by atoms with Crippen LogP contribution in [0.25, 0.3) is 0 Å². The van der Waals surface area contributed by atoms with Crippen LogP contribution >= 0.6 is 11.3 Å². The molecule has 0 bridgehead atoms. The standard InChI is InChI=1S/C23H22FN5O2S/c1-28-13-12-26-21(28)15-4-8-17(9-5-15)27-22(30)20(19-3-2-14-32-19)29(23(25)31)18-10-6-16(24)7-11-18/h2-11,14,20H,12-13H2,1H3,(H2,25,31)(H,27,30). The van der Waals surface area contributed by atoms with Crippen molar-refractivity contribution in [2.24, 2.45) is 10.7 Å². The maximum atomic E-state index is 13.4. The molecule has 3 N–H and O–H groups in total. The summed E-state index contributed by atoms with van der Waals surface area (Å²) in [7, 11) is 1.99. The molecule has 3 amide bonds. The van der Waals surface area contributed by atoms with E-state index in [2.05, 4.69) is 15.2 Å². The van der Waals surface area contributed by atoms with Gasteiger partial charge in [0.25, 0.3) is 5.91 Å². The zero-order chi connectivity index (χ0) is 22.7. The summed E-state index contributed by atoms with van der Waals surface area (Å²) in [6.07, 6.45) is 0. The van der Waals surface area contributed by atoms with Gasteiger partial charge in [-0.05, 0) is 60.0 Å². The molecule has 1 aromatic heterocycles. The van der Waals surface area contributed by atoms with Gasteiger partial charge in [0.05, 0.1) is 6.54 Å². The van der Waals surface area contributed by atoms with Crippen molar-refractivity contribution in [2.75, 3.05) is 30.4 Å². The molecule has 1 aliphatic heterocycles. The van der Waals surface area contributed by atoms with Crippen molar-refractivity contribution in [3.8, 4) is 0 Å². The Labute approximate surface area is 189 Å². The number of aliphatic imine (C=N–C) groups is 1. The van der Waals surface area contributed by atoms with Crippen molar-refractivity contribution >= 4 is 40.5 Å². The van der Waals surface area contributed by atoms with Crippen LogP contribution in [0.15, 0.2) is 71.0 Å². The molecule has 164 valence electrons. The van der Waals surface area contributed by atoms with Gasteiger partial charge in [-0.1, -0.05) is 6.07 Å². The van der Waals surface area contributed by atoms with Crippen LogP contribution in [0.1, 0.15) is 16.5 Å². The number of anilines is 2. The monoisotopic (exact) mass is 451 g/mol. The highest BCUT2D eigenvalue weighted by Gasteiger charge is 2.32. The number of amidine groups is 1. The average molecular weight is 452 g/mol. The largest absolute Gasteiger partial charge is 0.358 e. The summed E-state index contributed by atoms with van der Waals surface area (Å²) >= 11 is 1.33. The number of amides is 3. The molecule has 0 aliphatic carbocycles. The normalized spacial score (nSPS) is 14.1. The lowest BCUT2D eigenvalue weighted by atomic mass is 10.1. The number of nitrogens with zero attached hydrogens (tertiary/aromatic N) is 3. The third-order valence-corrected chi connectivity index (χ3v) is 6.06. The van der Waals surface area contributed by atoms with E-state index < -0.39 is 23.8 Å². The molecule has 1 atom stereocenters. The number of thiophene rings is 1. The number of carbonyl (C=O) groups is 2. The highest BCUT2D eigenvalue weighted by atomic mass is 32.1. The van der Waals surface area contributed by atoms with E-state index >= 15 is 0 Å². The van der Waals surface area contributed by atoms with E-state index in [4.69, 9.17) is 5.73 Å². The number of halogens is 1. The molecular weight excluding hydrogens is 429 g/mol. The Morgan fingerprint density at radius 2 is 1.88 bits per heavy atom. The van der Waals surface area contributed by atoms with Gasteiger partial charge < -0.3 is 16.0 Å². The highest BCUT2D eigenvalue weighted by molar-refractivity contribution is 7.10. The summed E-state index contributed by atoms with van der Waals surface area (Å²) in [5.74, 6) is 0.0297. The fourth-order valence-electron chi connectivity index (χ4n) is 3.58. The zero-order valence-electron chi connectivity index (χ0n) is 17.4. The first-order chi connectivity index (χ1) is 15.4. The number of hydrogen-bond acceptors (Lipinski definition) is 5. The molecule has 1 aliphatic rings. The Morgan fingerprint density at radius 3 is 2.44 bits per heavy atom. The molecule has 0 spiro atoms. The fourth-order valence-corrected chi connectivity index (χ4v) is 4.40. The van der Waals surface area contributed by atoms with Gasteiger partial charge in [-0.3, -0.25) is 14.7 Å². The molecule has 0 saturated carbocycles. The highest BCUT2D eigenvalue weighted by Crippen LogP contribution is 2.31. The predicted molar refractivity (Wildman–Crippen MR) is 125 cm³/mol. The first-order valence-corrected chi connectivity index (χ1v) is 10.9. The number of rotatable bonds is 6. The van der Waals surface area contributed by atoms with Crippen LogP contribution in [0.3, 0.4) is 0 Å². The second kappa shape index (κ2) is 9.19. The summed E-state index contributed by atoms with van der Waals surface area (Å²) in [6, 6.07) is 14.4. The first kappa shape index (κ1) is 21.5. The lowest BCUT2D eigenvalue weighted by Crippen LogP contribution is -2.44. The Kier molecular flexibility index (Phi) is 6.18. The molecule has 9 heteroatoms. The summed E-state index contributed by atoms with van der Waals surface area (Å²) < 4.78 is 13.4. The summed E-state index contributed by atoms with van der Waals surface area (Å²) in [4.78, 5) is 34.1. The lowest BCUT2D eigenvalue weighted by Gasteiger charge is -2.29. The summed E-state index contributed by atoms with van der Waals surface area (Å²) in [5, 5.41) is 4.68. The van der Waals surface area contributed by atoms with E-state index in [-0.39, 0.29) is 0 Å². The number of benzene rings is 2. The van der Waals surface area contributed by atoms with Crippen molar-refractivity contribution in [3.63, 3.8) is 0 Å². The quantitative estimate of drug-likeness (QED) is 0.597. The van der Waals surface area contributed by atoms with Gasteiger partial charge in [0.1, 0.15) is 11.7 Å². The Balaban J connectivity index is 1.61. The molecule has 32 heavy (non-hydrogen) atoms. The summed E-state index contributed by atoms with van der Waals surface area (Å²) in [5.41, 5.74) is 7.51. The first-order valence-electron chi connectivity index (χ1n) is 9.98. The maximum absolute atomic E-state index is 13.4. The summed E-state index contributed by atoms with van der Waals surface area (Å²) in [6.45, 7) is 1.64. The SMILES string of the molecule is CN1CCN=C1c1ccc(NC(=O)C(c2cccs2)N(C(N)=O)c2ccc(F)cc2)cc1. The van der Waals surface area contributed by atoms with Crippen LogP contribution in [0, 0.1) is 5.82 Å². The average Bonchev–Trinajstić information content (AvgIpc) is 3.45. The van der Waals surface area contributed by atoms with Crippen molar-refractivity contribution in [1.82, 2.24) is 4.90 Å². The topological polar surface area (TPSA) is 91.0 Å². The Hall–Kier alpha value is -3.72. The minimum atomic E-state index is -1.01. The van der Waals surface area contributed by atoms with E-state index in [0.717, 1.165) is 29.4 Å². The molecule has 0 radical (unpaired) electrons. The number of nitrogens with one attached hydrogen (secondary N) is 1. The van der Waals surface area contributed by atoms with Crippen molar-refractivity contribution in [2.45, 2.75) is 6.04 Å².